The summed E-state index contributed by atoms with van der Waals surface area (Å²) in [6, 6.07) is 14.8. The Balaban J connectivity index is 1.61. The maximum absolute atomic E-state index is 13.3. The molecule has 0 atom stereocenters. The highest BCUT2D eigenvalue weighted by Crippen LogP contribution is 2.25. The molecule has 0 saturated carbocycles. The molecule has 1 heterocycles. The molecule has 0 spiro atoms. The summed E-state index contributed by atoms with van der Waals surface area (Å²) in [5, 5.41) is 4.80. The van der Waals surface area contributed by atoms with E-state index in [1.165, 1.54) is 28.4 Å². The Bertz CT molecular complexity index is 927. The Morgan fingerprint density at radius 3 is 2.65 bits per heavy atom. The van der Waals surface area contributed by atoms with Crippen molar-refractivity contribution >= 4 is 28.3 Å². The average molecular weight is 369 g/mol. The van der Waals surface area contributed by atoms with Gasteiger partial charge in [-0.3, -0.25) is 9.59 Å². The molecule has 26 heavy (non-hydrogen) atoms. The van der Waals surface area contributed by atoms with Crippen molar-refractivity contribution in [3.63, 3.8) is 0 Å². The summed E-state index contributed by atoms with van der Waals surface area (Å²) < 4.78 is 13.3. The first-order valence-electron chi connectivity index (χ1n) is 7.85. The van der Waals surface area contributed by atoms with Crippen LogP contribution in [0.4, 0.5) is 9.52 Å². The van der Waals surface area contributed by atoms with E-state index >= 15 is 0 Å². The highest BCUT2D eigenvalue weighted by Gasteiger charge is 2.16. The minimum absolute atomic E-state index is 0.0946. The van der Waals surface area contributed by atoms with Gasteiger partial charge in [-0.15, -0.1) is 11.3 Å². The third kappa shape index (κ3) is 4.31. The van der Waals surface area contributed by atoms with E-state index in [-0.39, 0.29) is 24.2 Å². The third-order valence-corrected chi connectivity index (χ3v) is 4.38. The van der Waals surface area contributed by atoms with E-state index in [1.54, 1.807) is 48.8 Å². The second-order valence-corrected chi connectivity index (χ2v) is 6.48. The summed E-state index contributed by atoms with van der Waals surface area (Å²) in [7, 11) is 1.56. The van der Waals surface area contributed by atoms with Gasteiger partial charge in [0, 0.05) is 23.6 Å². The van der Waals surface area contributed by atoms with Crippen molar-refractivity contribution in [3.05, 3.63) is 71.4 Å². The van der Waals surface area contributed by atoms with Crippen LogP contribution in [0, 0.1) is 5.82 Å². The second kappa shape index (κ2) is 7.88. The van der Waals surface area contributed by atoms with E-state index in [1.807, 2.05) is 6.07 Å². The Morgan fingerprint density at radius 1 is 1.15 bits per heavy atom. The number of hydrogen-bond acceptors (Lipinski definition) is 4. The predicted octanol–water partition coefficient (Wildman–Crippen LogP) is 3.66. The van der Waals surface area contributed by atoms with Gasteiger partial charge in [0.05, 0.1) is 12.2 Å². The number of rotatable bonds is 5. The summed E-state index contributed by atoms with van der Waals surface area (Å²) in [6.07, 6.45) is 0. The largest absolute Gasteiger partial charge is 0.332 e. The van der Waals surface area contributed by atoms with Crippen LogP contribution in [0.3, 0.4) is 0 Å². The minimum Gasteiger partial charge on any atom is -0.332 e. The molecule has 0 bridgehead atoms. The Labute approximate surface area is 154 Å². The minimum atomic E-state index is -0.350. The molecule has 0 fully saturated rings. The Morgan fingerprint density at radius 2 is 1.92 bits per heavy atom. The molecule has 0 aliphatic carbocycles. The van der Waals surface area contributed by atoms with Gasteiger partial charge in [0.1, 0.15) is 5.82 Å². The van der Waals surface area contributed by atoms with Crippen LogP contribution in [-0.2, 0) is 4.79 Å². The van der Waals surface area contributed by atoms with Gasteiger partial charge in [0.15, 0.2) is 5.13 Å². The molecule has 2 aromatic carbocycles. The number of carbonyl (C=O) groups excluding carboxylic acids is 2. The molecule has 0 unspecified atom stereocenters. The Hall–Kier alpha value is -3.06. The van der Waals surface area contributed by atoms with E-state index in [0.29, 0.717) is 22.0 Å². The number of nitrogens with one attached hydrogen (secondary N) is 1. The van der Waals surface area contributed by atoms with Crippen molar-refractivity contribution in [3.8, 4) is 11.3 Å². The van der Waals surface area contributed by atoms with Gasteiger partial charge in [0.25, 0.3) is 5.91 Å². The first-order chi connectivity index (χ1) is 12.5. The van der Waals surface area contributed by atoms with Crippen LogP contribution < -0.4 is 5.32 Å². The number of hydrogen-bond donors (Lipinski definition) is 1. The van der Waals surface area contributed by atoms with Crippen molar-refractivity contribution in [2.24, 2.45) is 0 Å². The normalized spacial score (nSPS) is 10.4. The number of nitrogens with zero attached hydrogens (tertiary/aromatic N) is 2. The number of anilines is 1. The summed E-state index contributed by atoms with van der Waals surface area (Å²) in [6.45, 7) is -0.0946. The number of aromatic nitrogens is 1. The topological polar surface area (TPSA) is 62.3 Å². The van der Waals surface area contributed by atoms with Crippen molar-refractivity contribution in [1.82, 2.24) is 9.88 Å². The highest BCUT2D eigenvalue weighted by molar-refractivity contribution is 7.14. The first-order valence-corrected chi connectivity index (χ1v) is 8.73. The predicted molar refractivity (Wildman–Crippen MR) is 99.5 cm³/mol. The summed E-state index contributed by atoms with van der Waals surface area (Å²) in [5.41, 5.74) is 1.74. The fourth-order valence-electron chi connectivity index (χ4n) is 2.36. The fraction of sp³-hybridized carbons (Fsp3) is 0.105. The zero-order valence-electron chi connectivity index (χ0n) is 14.0. The van der Waals surface area contributed by atoms with Crippen LogP contribution in [0.15, 0.2) is 60.0 Å². The lowest BCUT2D eigenvalue weighted by Crippen LogP contribution is -2.34. The molecule has 1 aromatic heterocycles. The number of amides is 2. The lowest BCUT2D eigenvalue weighted by atomic mass is 10.2. The van der Waals surface area contributed by atoms with Crippen molar-refractivity contribution < 1.29 is 14.0 Å². The first kappa shape index (κ1) is 17.8. The molecule has 132 valence electrons. The lowest BCUT2D eigenvalue weighted by molar-refractivity contribution is -0.116. The molecule has 7 heteroatoms. The molecule has 0 saturated heterocycles. The van der Waals surface area contributed by atoms with E-state index in [2.05, 4.69) is 10.3 Å². The van der Waals surface area contributed by atoms with E-state index in [9.17, 15) is 14.0 Å². The monoisotopic (exact) mass is 369 g/mol. The second-order valence-electron chi connectivity index (χ2n) is 5.62. The SMILES string of the molecule is CN(CC(=O)Nc1nc(-c2cccc(F)c2)cs1)C(=O)c1ccccc1. The number of carbonyl (C=O) groups is 2. The van der Waals surface area contributed by atoms with Crippen LogP contribution in [0.25, 0.3) is 11.3 Å². The van der Waals surface area contributed by atoms with E-state index in [4.69, 9.17) is 0 Å². The molecule has 3 rings (SSSR count). The van der Waals surface area contributed by atoms with Crippen molar-refractivity contribution in [1.29, 1.82) is 0 Å². The molecular weight excluding hydrogens is 353 g/mol. The maximum Gasteiger partial charge on any atom is 0.254 e. The number of benzene rings is 2. The summed E-state index contributed by atoms with van der Waals surface area (Å²) in [4.78, 5) is 30.0. The van der Waals surface area contributed by atoms with Gasteiger partial charge in [-0.2, -0.15) is 0 Å². The van der Waals surface area contributed by atoms with E-state index < -0.39 is 0 Å². The third-order valence-electron chi connectivity index (χ3n) is 3.62. The molecule has 0 aliphatic rings. The van der Waals surface area contributed by atoms with Crippen LogP contribution in [0.2, 0.25) is 0 Å². The molecule has 2 amide bonds. The molecule has 3 aromatic rings. The molecular formula is C19H16FN3O2S. The standard InChI is InChI=1S/C19H16FN3O2S/c1-23(18(25)13-6-3-2-4-7-13)11-17(24)22-19-21-16(12-26-19)14-8-5-9-15(20)10-14/h2-10,12H,11H2,1H3,(H,21,22,24). The highest BCUT2D eigenvalue weighted by atomic mass is 32.1. The molecule has 5 nitrogen and oxygen atoms in total. The average Bonchev–Trinajstić information content (AvgIpc) is 3.10. The molecule has 1 N–H and O–H groups in total. The van der Waals surface area contributed by atoms with Crippen LogP contribution >= 0.6 is 11.3 Å². The number of likely N-dealkylation sites (N-methyl/N-ethyl adjacent to an activating group) is 1. The fourth-order valence-corrected chi connectivity index (χ4v) is 3.09. The Kier molecular flexibility index (Phi) is 5.38. The van der Waals surface area contributed by atoms with Gasteiger partial charge < -0.3 is 10.2 Å². The van der Waals surface area contributed by atoms with Crippen LogP contribution in [-0.4, -0.2) is 35.3 Å². The molecule has 0 radical (unpaired) electrons. The van der Waals surface area contributed by atoms with Gasteiger partial charge in [-0.05, 0) is 24.3 Å². The number of halogens is 1. The van der Waals surface area contributed by atoms with Crippen molar-refractivity contribution in [2.45, 2.75) is 0 Å². The quantitative estimate of drug-likeness (QED) is 0.747. The lowest BCUT2D eigenvalue weighted by Gasteiger charge is -2.16. The van der Waals surface area contributed by atoms with E-state index in [0.717, 1.165) is 0 Å². The van der Waals surface area contributed by atoms with Gasteiger partial charge >= 0.3 is 0 Å². The smallest absolute Gasteiger partial charge is 0.254 e. The zero-order chi connectivity index (χ0) is 18.5. The molecule has 0 aliphatic heterocycles. The zero-order valence-corrected chi connectivity index (χ0v) is 14.8. The van der Waals surface area contributed by atoms with Crippen LogP contribution in [0.5, 0.6) is 0 Å². The van der Waals surface area contributed by atoms with Gasteiger partial charge in [-0.1, -0.05) is 30.3 Å². The maximum atomic E-state index is 13.3. The van der Waals surface area contributed by atoms with Gasteiger partial charge in [0.2, 0.25) is 5.91 Å². The number of thiazole rings is 1. The van der Waals surface area contributed by atoms with Gasteiger partial charge in [-0.25, -0.2) is 9.37 Å². The summed E-state index contributed by atoms with van der Waals surface area (Å²) in [5.74, 6) is -0.931. The summed E-state index contributed by atoms with van der Waals surface area (Å²) >= 11 is 1.24. The van der Waals surface area contributed by atoms with Crippen molar-refractivity contribution in [2.75, 3.05) is 18.9 Å². The van der Waals surface area contributed by atoms with Crippen LogP contribution in [0.1, 0.15) is 10.4 Å².